The number of carboxylic acids is 1. The first kappa shape index (κ1) is 20.9. The number of carbonyl (C=O) groups is 1. The van der Waals surface area contributed by atoms with Gasteiger partial charge >= 0.3 is 5.97 Å². The maximum atomic E-state index is 13.3. The number of hydrogen-bond donors (Lipinski definition) is 2. The average Bonchev–Trinajstić information content (AvgIpc) is 3.20. The minimum Gasteiger partial charge on any atom is -0.481 e. The Morgan fingerprint density at radius 2 is 1.69 bits per heavy atom. The van der Waals surface area contributed by atoms with Crippen LogP contribution in [0.5, 0.6) is 0 Å². The molecule has 1 heterocycles. The Hall–Kier alpha value is -2.86. The molecule has 3 aromatic rings. The van der Waals surface area contributed by atoms with Gasteiger partial charge in [-0.25, -0.2) is 8.42 Å². The maximum absolute atomic E-state index is 13.3. The summed E-state index contributed by atoms with van der Waals surface area (Å²) >= 11 is 0. The number of aryl methyl sites for hydroxylation is 1. The van der Waals surface area contributed by atoms with Crippen molar-refractivity contribution in [1.82, 2.24) is 4.98 Å². The van der Waals surface area contributed by atoms with Crippen LogP contribution in [0.15, 0.2) is 66.9 Å². The molecule has 0 saturated heterocycles. The van der Waals surface area contributed by atoms with Crippen LogP contribution in [0, 0.1) is 0 Å². The van der Waals surface area contributed by atoms with Gasteiger partial charge in [-0.2, -0.15) is 0 Å². The summed E-state index contributed by atoms with van der Waals surface area (Å²) in [6, 6.07) is 18.4. The van der Waals surface area contributed by atoms with Crippen LogP contribution in [0.2, 0.25) is 0 Å². The minimum atomic E-state index is -3.64. The van der Waals surface area contributed by atoms with Gasteiger partial charge in [-0.15, -0.1) is 0 Å². The molecule has 0 aliphatic rings. The van der Waals surface area contributed by atoms with Gasteiger partial charge in [0.1, 0.15) is 4.75 Å². The summed E-state index contributed by atoms with van der Waals surface area (Å²) in [6.07, 6.45) is 3.93. The Bertz CT molecular complexity index is 1090. The molecule has 0 radical (unpaired) electrons. The molecule has 1 atom stereocenters. The van der Waals surface area contributed by atoms with E-state index < -0.39 is 20.6 Å². The Morgan fingerprint density at radius 3 is 2.24 bits per heavy atom. The lowest BCUT2D eigenvalue weighted by atomic mass is 9.86. The molecule has 6 heteroatoms. The quantitative estimate of drug-likeness (QED) is 0.591. The zero-order valence-corrected chi connectivity index (χ0v) is 17.4. The van der Waals surface area contributed by atoms with Crippen LogP contribution in [0.1, 0.15) is 34.9 Å². The van der Waals surface area contributed by atoms with E-state index in [2.05, 4.69) is 11.9 Å². The van der Waals surface area contributed by atoms with Crippen molar-refractivity contribution in [2.45, 2.75) is 30.9 Å². The fraction of sp³-hybridized carbons (Fsp3) is 0.261. The van der Waals surface area contributed by atoms with Gasteiger partial charge < -0.3 is 10.1 Å². The molecule has 0 fully saturated rings. The van der Waals surface area contributed by atoms with E-state index in [0.717, 1.165) is 12.0 Å². The molecule has 0 aliphatic heterocycles. The van der Waals surface area contributed by atoms with E-state index in [1.807, 2.05) is 24.3 Å². The Morgan fingerprint density at radius 1 is 1.00 bits per heavy atom. The molecule has 2 aromatic carbocycles. The topological polar surface area (TPSA) is 87.2 Å². The van der Waals surface area contributed by atoms with Gasteiger partial charge in [0.2, 0.25) is 0 Å². The number of carboxylic acid groups (broad SMARTS) is 1. The van der Waals surface area contributed by atoms with Gasteiger partial charge in [-0.3, -0.25) is 4.79 Å². The molecule has 152 valence electrons. The summed E-state index contributed by atoms with van der Waals surface area (Å²) in [5.74, 6) is -0.956. The maximum Gasteiger partial charge on any atom is 0.307 e. The largest absolute Gasteiger partial charge is 0.481 e. The third-order valence-electron chi connectivity index (χ3n) is 5.30. The van der Waals surface area contributed by atoms with Gasteiger partial charge in [0.25, 0.3) is 0 Å². The zero-order chi connectivity index (χ0) is 21.1. The molecule has 0 aliphatic carbocycles. The fourth-order valence-electron chi connectivity index (χ4n) is 3.77. The summed E-state index contributed by atoms with van der Waals surface area (Å²) in [7, 11) is -3.64. The first-order chi connectivity index (χ1) is 13.8. The molecule has 5 nitrogen and oxygen atoms in total. The van der Waals surface area contributed by atoms with Crippen molar-refractivity contribution in [3.8, 4) is 0 Å². The van der Waals surface area contributed by atoms with Crippen molar-refractivity contribution >= 4 is 15.8 Å². The smallest absolute Gasteiger partial charge is 0.307 e. The number of aliphatic carboxylic acids is 1. The first-order valence-corrected chi connectivity index (χ1v) is 11.4. The van der Waals surface area contributed by atoms with Gasteiger partial charge in [-0.05, 0) is 40.8 Å². The van der Waals surface area contributed by atoms with Gasteiger partial charge in [0, 0.05) is 24.6 Å². The highest BCUT2D eigenvalue weighted by Crippen LogP contribution is 2.40. The third kappa shape index (κ3) is 4.27. The lowest BCUT2D eigenvalue weighted by Gasteiger charge is -2.32. The van der Waals surface area contributed by atoms with Gasteiger partial charge in [0.15, 0.2) is 9.84 Å². The SMILES string of the molecule is CCc1ccc(CC(c2cccc(CC(=O)O)c2)(c2ccc[nH]2)S(C)(=O)=O)cc1. The van der Waals surface area contributed by atoms with E-state index in [-0.39, 0.29) is 12.8 Å². The van der Waals surface area contributed by atoms with E-state index in [9.17, 15) is 13.2 Å². The van der Waals surface area contributed by atoms with E-state index in [1.54, 1.807) is 42.6 Å². The molecule has 0 amide bonds. The normalized spacial score (nSPS) is 13.7. The lowest BCUT2D eigenvalue weighted by molar-refractivity contribution is -0.136. The summed E-state index contributed by atoms with van der Waals surface area (Å²) in [5, 5.41) is 9.16. The number of sulfone groups is 1. The number of aromatic nitrogens is 1. The molecule has 0 bridgehead atoms. The summed E-state index contributed by atoms with van der Waals surface area (Å²) < 4.78 is 25.2. The molecule has 1 unspecified atom stereocenters. The first-order valence-electron chi connectivity index (χ1n) is 9.49. The van der Waals surface area contributed by atoms with Crippen molar-refractivity contribution in [3.05, 3.63) is 94.8 Å². The van der Waals surface area contributed by atoms with E-state index in [1.165, 1.54) is 11.8 Å². The summed E-state index contributed by atoms with van der Waals surface area (Å²) in [6.45, 7) is 2.07. The number of H-pyrrole nitrogens is 1. The summed E-state index contributed by atoms with van der Waals surface area (Å²) in [5.41, 5.74) is 3.76. The zero-order valence-electron chi connectivity index (χ0n) is 16.6. The molecule has 0 saturated carbocycles. The third-order valence-corrected chi connectivity index (χ3v) is 7.16. The van der Waals surface area contributed by atoms with Crippen molar-refractivity contribution in [2.24, 2.45) is 0 Å². The standard InChI is InChI=1S/C23H25NO4S/c1-3-17-9-11-18(12-10-17)16-23(29(2,27)28,21-8-5-13-24-21)20-7-4-6-19(14-20)15-22(25)26/h4-14,24H,3,15-16H2,1-2H3,(H,25,26). The van der Waals surface area contributed by atoms with E-state index in [4.69, 9.17) is 5.11 Å². The molecule has 1 aromatic heterocycles. The molecular formula is C23H25NO4S. The van der Waals surface area contributed by atoms with Crippen LogP contribution in [0.3, 0.4) is 0 Å². The number of benzene rings is 2. The predicted molar refractivity (Wildman–Crippen MR) is 114 cm³/mol. The summed E-state index contributed by atoms with van der Waals surface area (Å²) in [4.78, 5) is 14.3. The van der Waals surface area contributed by atoms with Crippen LogP contribution in [-0.4, -0.2) is 30.7 Å². The second-order valence-electron chi connectivity index (χ2n) is 7.30. The monoisotopic (exact) mass is 411 g/mol. The van der Waals surface area contributed by atoms with Crippen molar-refractivity contribution < 1.29 is 18.3 Å². The highest BCUT2D eigenvalue weighted by Gasteiger charge is 2.45. The Labute approximate surface area is 171 Å². The van der Waals surface area contributed by atoms with Crippen molar-refractivity contribution in [2.75, 3.05) is 6.26 Å². The Balaban J connectivity index is 2.21. The fourth-order valence-corrected chi connectivity index (χ4v) is 5.28. The van der Waals surface area contributed by atoms with Crippen LogP contribution in [0.4, 0.5) is 0 Å². The average molecular weight is 412 g/mol. The second kappa shape index (κ2) is 8.25. The van der Waals surface area contributed by atoms with Crippen molar-refractivity contribution in [3.63, 3.8) is 0 Å². The number of rotatable bonds is 8. The van der Waals surface area contributed by atoms with Crippen molar-refractivity contribution in [1.29, 1.82) is 0 Å². The van der Waals surface area contributed by atoms with Gasteiger partial charge in [-0.1, -0.05) is 55.5 Å². The molecular weight excluding hydrogens is 386 g/mol. The van der Waals surface area contributed by atoms with Crippen LogP contribution in [-0.2, 0) is 38.6 Å². The van der Waals surface area contributed by atoms with Crippen LogP contribution >= 0.6 is 0 Å². The van der Waals surface area contributed by atoms with E-state index >= 15 is 0 Å². The number of hydrogen-bond acceptors (Lipinski definition) is 3. The molecule has 0 spiro atoms. The van der Waals surface area contributed by atoms with Crippen LogP contribution in [0.25, 0.3) is 0 Å². The second-order valence-corrected chi connectivity index (χ2v) is 9.54. The molecule has 3 rings (SSSR count). The molecule has 29 heavy (non-hydrogen) atoms. The number of aromatic amines is 1. The predicted octanol–water partition coefficient (Wildman–Crippen LogP) is 3.74. The Kier molecular flexibility index (Phi) is 5.94. The highest BCUT2D eigenvalue weighted by molar-refractivity contribution is 7.91. The lowest BCUT2D eigenvalue weighted by Crippen LogP contribution is -2.39. The number of nitrogens with one attached hydrogen (secondary N) is 1. The highest BCUT2D eigenvalue weighted by atomic mass is 32.2. The van der Waals surface area contributed by atoms with Crippen LogP contribution < -0.4 is 0 Å². The molecule has 2 N–H and O–H groups in total. The minimum absolute atomic E-state index is 0.163. The van der Waals surface area contributed by atoms with E-state index in [0.29, 0.717) is 16.8 Å². The van der Waals surface area contributed by atoms with Gasteiger partial charge in [0.05, 0.1) is 6.42 Å².